The van der Waals surface area contributed by atoms with Gasteiger partial charge in [0.1, 0.15) is 30.5 Å². The fourth-order valence-electron chi connectivity index (χ4n) is 0.881. The second-order valence-corrected chi connectivity index (χ2v) is 4.26. The lowest BCUT2D eigenvalue weighted by atomic mass is 10.0. The summed E-state index contributed by atoms with van der Waals surface area (Å²) >= 11 is 3.81. The molecular formula is C10H21NO8S. The molecule has 8 N–H and O–H groups in total. The van der Waals surface area contributed by atoms with Gasteiger partial charge in [-0.3, -0.25) is 4.79 Å². The fourth-order valence-corrected chi connectivity index (χ4v) is 1.16. The molecule has 0 aromatic carbocycles. The van der Waals surface area contributed by atoms with E-state index in [-0.39, 0.29) is 6.29 Å². The summed E-state index contributed by atoms with van der Waals surface area (Å²) in [6, 6.07) is -0.743. The largest absolute Gasteiger partial charge is 0.480 e. The maximum atomic E-state index is 9.93. The molecule has 0 aliphatic carbocycles. The van der Waals surface area contributed by atoms with Gasteiger partial charge in [0, 0.05) is 0 Å². The standard InChI is InChI=1S/C6H12O6.C4H9NO2S/c7-1-3(9)5(11)6(12)4(10)2-8;5-3(1-2-8)4(6)7/h1,3-6,8-12H,2H2;3,8H,1-2,5H2,(H,6,7)/t3-,4+,5+,6+;3-/m00/s1. The second kappa shape index (κ2) is 12.0. The number of aliphatic hydroxyl groups excluding tert-OH is 5. The normalized spacial score (nSPS) is 17.9. The lowest BCUT2D eigenvalue weighted by Gasteiger charge is -2.22. The summed E-state index contributed by atoms with van der Waals surface area (Å²) in [4.78, 5) is 19.8. The number of hydrogen-bond acceptors (Lipinski definition) is 9. The average molecular weight is 315 g/mol. The first-order chi connectivity index (χ1) is 9.22. The zero-order chi connectivity index (χ0) is 16.3. The Kier molecular flexibility index (Phi) is 13.0. The predicted molar refractivity (Wildman–Crippen MR) is 71.3 cm³/mol. The van der Waals surface area contributed by atoms with E-state index in [0.717, 1.165) is 0 Å². The third-order valence-electron chi connectivity index (χ3n) is 2.18. The van der Waals surface area contributed by atoms with Crippen molar-refractivity contribution in [3.05, 3.63) is 0 Å². The van der Waals surface area contributed by atoms with Gasteiger partial charge in [0.05, 0.1) is 6.61 Å². The van der Waals surface area contributed by atoms with E-state index in [2.05, 4.69) is 12.6 Å². The van der Waals surface area contributed by atoms with Gasteiger partial charge in [0.15, 0.2) is 6.29 Å². The van der Waals surface area contributed by atoms with Crippen LogP contribution in [0.4, 0.5) is 0 Å². The average Bonchev–Trinajstić information content (AvgIpc) is 2.44. The molecule has 0 rings (SSSR count). The molecule has 120 valence electrons. The van der Waals surface area contributed by atoms with Crippen molar-refractivity contribution in [1.82, 2.24) is 0 Å². The molecule has 0 aliphatic rings. The van der Waals surface area contributed by atoms with Gasteiger partial charge in [-0.15, -0.1) is 0 Å². The van der Waals surface area contributed by atoms with E-state index >= 15 is 0 Å². The summed E-state index contributed by atoms with van der Waals surface area (Å²) in [6.07, 6.45) is -6.41. The van der Waals surface area contributed by atoms with E-state index in [1.807, 2.05) is 0 Å². The van der Waals surface area contributed by atoms with Crippen molar-refractivity contribution in [2.75, 3.05) is 12.4 Å². The zero-order valence-electron chi connectivity index (χ0n) is 10.6. The van der Waals surface area contributed by atoms with Crippen LogP contribution in [0.2, 0.25) is 0 Å². The number of aldehydes is 1. The highest BCUT2D eigenvalue weighted by atomic mass is 32.1. The van der Waals surface area contributed by atoms with E-state index < -0.39 is 43.0 Å². The number of carbonyl (C=O) groups excluding carboxylic acids is 1. The smallest absolute Gasteiger partial charge is 0.320 e. The Morgan fingerprint density at radius 3 is 1.95 bits per heavy atom. The Labute approximate surface area is 121 Å². The molecular weight excluding hydrogens is 294 g/mol. The number of carboxylic acids is 1. The highest BCUT2D eigenvalue weighted by Gasteiger charge is 2.29. The minimum absolute atomic E-state index is 0.0258. The summed E-state index contributed by atoms with van der Waals surface area (Å²) < 4.78 is 0. The molecule has 9 nitrogen and oxygen atoms in total. The van der Waals surface area contributed by atoms with Gasteiger partial charge in [-0.25, -0.2) is 0 Å². The molecule has 0 saturated heterocycles. The number of rotatable bonds is 8. The molecule has 0 amide bonds. The van der Waals surface area contributed by atoms with Crippen LogP contribution in [0.3, 0.4) is 0 Å². The Morgan fingerprint density at radius 1 is 1.20 bits per heavy atom. The molecule has 0 aromatic heterocycles. The van der Waals surface area contributed by atoms with Gasteiger partial charge in [0.2, 0.25) is 0 Å². The first-order valence-corrected chi connectivity index (χ1v) is 6.23. The van der Waals surface area contributed by atoms with Crippen molar-refractivity contribution >= 4 is 24.9 Å². The number of aliphatic carboxylic acids is 1. The fraction of sp³-hybridized carbons (Fsp3) is 0.800. The SMILES string of the molecule is N[C@@H](CCS)C(=O)O.O=C[C@H](O)[C@@H](O)[C@H](O)[C@H](O)CO. The molecule has 0 spiro atoms. The van der Waals surface area contributed by atoms with Gasteiger partial charge >= 0.3 is 5.97 Å². The number of thiol groups is 1. The van der Waals surface area contributed by atoms with Gasteiger partial charge in [-0.2, -0.15) is 12.6 Å². The van der Waals surface area contributed by atoms with Crippen LogP contribution < -0.4 is 5.73 Å². The number of carbonyl (C=O) groups is 2. The van der Waals surface area contributed by atoms with Gasteiger partial charge < -0.3 is 41.2 Å². The Hall–Kier alpha value is -0.750. The summed E-state index contributed by atoms with van der Waals surface area (Å²) in [7, 11) is 0. The second-order valence-electron chi connectivity index (χ2n) is 3.81. The maximum absolute atomic E-state index is 9.93. The van der Waals surface area contributed by atoms with E-state index in [4.69, 9.17) is 36.4 Å². The Morgan fingerprint density at radius 2 is 1.70 bits per heavy atom. The van der Waals surface area contributed by atoms with E-state index in [0.29, 0.717) is 12.2 Å². The molecule has 0 saturated carbocycles. The Bertz CT molecular complexity index is 280. The quantitative estimate of drug-likeness (QED) is 0.165. The van der Waals surface area contributed by atoms with Crippen LogP contribution in [0.1, 0.15) is 6.42 Å². The Balaban J connectivity index is 0. The van der Waals surface area contributed by atoms with Gasteiger partial charge in [-0.1, -0.05) is 0 Å². The number of aliphatic hydroxyl groups is 5. The topological polar surface area (TPSA) is 182 Å². The molecule has 0 bridgehead atoms. The summed E-state index contributed by atoms with van der Waals surface area (Å²) in [5, 5.41) is 51.7. The number of carboxylic acid groups (broad SMARTS) is 1. The first-order valence-electron chi connectivity index (χ1n) is 5.60. The van der Waals surface area contributed by atoms with E-state index in [1.54, 1.807) is 0 Å². The minimum atomic E-state index is -1.79. The maximum Gasteiger partial charge on any atom is 0.320 e. The first kappa shape index (κ1) is 21.5. The van der Waals surface area contributed by atoms with Crippen LogP contribution in [-0.2, 0) is 9.59 Å². The molecule has 5 atom stereocenters. The van der Waals surface area contributed by atoms with E-state index in [9.17, 15) is 9.59 Å². The molecule has 10 heteroatoms. The summed E-state index contributed by atoms with van der Waals surface area (Å²) in [5.74, 6) is -0.438. The monoisotopic (exact) mass is 315 g/mol. The van der Waals surface area contributed by atoms with Crippen LogP contribution in [0.5, 0.6) is 0 Å². The van der Waals surface area contributed by atoms with Crippen LogP contribution in [0, 0.1) is 0 Å². The van der Waals surface area contributed by atoms with Crippen molar-refractivity contribution in [1.29, 1.82) is 0 Å². The molecule has 0 unspecified atom stereocenters. The molecule has 0 aromatic rings. The number of nitrogens with two attached hydrogens (primary N) is 1. The molecule has 0 radical (unpaired) electrons. The van der Waals surface area contributed by atoms with Crippen molar-refractivity contribution < 1.29 is 40.2 Å². The van der Waals surface area contributed by atoms with Crippen molar-refractivity contribution in [3.8, 4) is 0 Å². The molecule has 20 heavy (non-hydrogen) atoms. The lowest BCUT2D eigenvalue weighted by molar-refractivity contribution is -0.138. The summed E-state index contributed by atoms with van der Waals surface area (Å²) in [6.45, 7) is -0.760. The third-order valence-corrected chi connectivity index (χ3v) is 2.44. The third kappa shape index (κ3) is 9.20. The van der Waals surface area contributed by atoms with Gasteiger partial charge in [0.25, 0.3) is 0 Å². The molecule has 0 heterocycles. The van der Waals surface area contributed by atoms with Crippen molar-refractivity contribution in [3.63, 3.8) is 0 Å². The van der Waals surface area contributed by atoms with Crippen molar-refractivity contribution in [2.24, 2.45) is 5.73 Å². The minimum Gasteiger partial charge on any atom is -0.480 e. The zero-order valence-corrected chi connectivity index (χ0v) is 11.5. The molecule has 0 aliphatic heterocycles. The predicted octanol–water partition coefficient (Wildman–Crippen LogP) is -3.66. The summed E-state index contributed by atoms with van der Waals surface area (Å²) in [5.41, 5.74) is 5.08. The van der Waals surface area contributed by atoms with Gasteiger partial charge in [-0.05, 0) is 12.2 Å². The highest BCUT2D eigenvalue weighted by molar-refractivity contribution is 7.80. The highest BCUT2D eigenvalue weighted by Crippen LogP contribution is 2.02. The van der Waals surface area contributed by atoms with Crippen molar-refractivity contribution in [2.45, 2.75) is 36.9 Å². The van der Waals surface area contributed by atoms with Crippen LogP contribution in [0.25, 0.3) is 0 Å². The molecule has 0 fully saturated rings. The van der Waals surface area contributed by atoms with Crippen LogP contribution >= 0.6 is 12.6 Å². The van der Waals surface area contributed by atoms with Crippen LogP contribution in [-0.4, -0.2) is 85.7 Å². The van der Waals surface area contributed by atoms with Crippen LogP contribution in [0.15, 0.2) is 0 Å². The number of hydrogen-bond donors (Lipinski definition) is 8. The van der Waals surface area contributed by atoms with E-state index in [1.165, 1.54) is 0 Å². The lowest BCUT2D eigenvalue weighted by Crippen LogP contribution is -2.46.